The van der Waals surface area contributed by atoms with Gasteiger partial charge in [0.2, 0.25) is 0 Å². The maximum Gasteiger partial charge on any atom is 0.159 e. The zero-order valence-corrected chi connectivity index (χ0v) is 31.3. The molecule has 0 fully saturated rings. The van der Waals surface area contributed by atoms with Gasteiger partial charge in [-0.1, -0.05) is 158 Å². The number of nitrogens with one attached hydrogen (secondary N) is 1. The summed E-state index contributed by atoms with van der Waals surface area (Å²) in [5.41, 5.74) is 10.2. The summed E-state index contributed by atoms with van der Waals surface area (Å²) in [7, 11) is 0. The van der Waals surface area contributed by atoms with E-state index in [0.29, 0.717) is 5.84 Å². The van der Waals surface area contributed by atoms with E-state index in [1.54, 1.807) is 0 Å². The van der Waals surface area contributed by atoms with E-state index < -0.39 is 0 Å². The molecule has 0 aliphatic carbocycles. The lowest BCUT2D eigenvalue weighted by Crippen LogP contribution is -2.33. The first-order valence-corrected chi connectivity index (χ1v) is 19.9. The van der Waals surface area contributed by atoms with Crippen LogP contribution in [0.25, 0.3) is 87.0 Å². The Balaban J connectivity index is 1.21. The second-order valence-electron chi connectivity index (χ2n) is 15.4. The highest BCUT2D eigenvalue weighted by atomic mass is 15.2. The first-order chi connectivity index (χ1) is 28.8. The molecule has 5 nitrogen and oxygen atoms in total. The van der Waals surface area contributed by atoms with Crippen LogP contribution in [0.5, 0.6) is 0 Å². The van der Waals surface area contributed by atoms with Crippen molar-refractivity contribution in [2.75, 3.05) is 0 Å². The third-order valence-corrected chi connectivity index (χ3v) is 12.3. The predicted molar refractivity (Wildman–Crippen MR) is 243 cm³/mol. The lowest BCUT2D eigenvalue weighted by molar-refractivity contribution is 0.675. The molecule has 1 aliphatic heterocycles. The minimum Gasteiger partial charge on any atom is -0.344 e. The Morgan fingerprint density at radius 3 is 1.55 bits per heavy atom. The summed E-state index contributed by atoms with van der Waals surface area (Å²) in [5, 5.41) is 16.1. The number of aliphatic imine (C=N–C) groups is 2. The molecule has 12 aromatic rings. The standard InChI is InChI=1S/C53H33N5/c1-3-15-34(16-4-1)51-54-52(35-17-5-2-6-18-35)56-53(55-51)36-25-28-44-42(31-36)39-21-11-12-22-43(39)57-45-29-23-32-13-7-9-19-37(32)47(45)40-26-27-41-48-38-20-10-8-14-33(38)24-30-46(48)58(44)50(41)49(40)57/h1-31,53H,(H,54,55,56). The van der Waals surface area contributed by atoms with Gasteiger partial charge in [-0.05, 0) is 57.4 Å². The van der Waals surface area contributed by atoms with Gasteiger partial charge in [0.1, 0.15) is 12.0 Å². The number of para-hydroxylation sites is 1. The number of hydrogen-bond acceptors (Lipinski definition) is 3. The third-order valence-electron chi connectivity index (χ3n) is 12.3. The van der Waals surface area contributed by atoms with Crippen LogP contribution in [0.3, 0.4) is 0 Å². The number of aromatic nitrogens is 2. The molecule has 5 heteroatoms. The SMILES string of the molecule is c1ccc(C2=NC(c3ccc4c(c3)c3ccccc3n3c5ccc6ccccc6c5c5ccc6c7c8ccccc8ccc7n4c6c53)NC(c3ccccc3)=N2)cc1. The molecule has 0 spiro atoms. The fourth-order valence-corrected chi connectivity index (χ4v) is 9.75. The van der Waals surface area contributed by atoms with Crippen LogP contribution in [0, 0.1) is 0 Å². The van der Waals surface area contributed by atoms with E-state index >= 15 is 0 Å². The highest BCUT2D eigenvalue weighted by molar-refractivity contribution is 6.32. The summed E-state index contributed by atoms with van der Waals surface area (Å²) in [6.07, 6.45) is -0.367. The van der Waals surface area contributed by atoms with Gasteiger partial charge in [0, 0.05) is 43.4 Å². The molecule has 1 unspecified atom stereocenters. The third kappa shape index (κ3) is 4.35. The van der Waals surface area contributed by atoms with Gasteiger partial charge in [-0.15, -0.1) is 0 Å². The van der Waals surface area contributed by atoms with E-state index in [-0.39, 0.29) is 6.17 Å². The zero-order valence-electron chi connectivity index (χ0n) is 31.3. The number of rotatable bonds is 3. The molecular formula is C53H33N5. The lowest BCUT2D eigenvalue weighted by Gasteiger charge is -2.24. The summed E-state index contributed by atoms with van der Waals surface area (Å²) < 4.78 is 5.07. The Kier molecular flexibility index (Phi) is 6.44. The molecule has 0 bridgehead atoms. The second kappa shape index (κ2) is 11.9. The van der Waals surface area contributed by atoms with E-state index in [2.05, 4.69) is 178 Å². The number of amidine groups is 2. The van der Waals surface area contributed by atoms with E-state index in [4.69, 9.17) is 9.98 Å². The molecule has 13 rings (SSSR count). The summed E-state index contributed by atoms with van der Waals surface area (Å²) in [5.74, 6) is 1.52. The average Bonchev–Trinajstić information content (AvgIpc) is 3.82. The Hall–Kier alpha value is -7.76. The largest absolute Gasteiger partial charge is 0.344 e. The van der Waals surface area contributed by atoms with E-state index in [1.165, 1.54) is 65.2 Å². The zero-order chi connectivity index (χ0) is 37.9. The molecule has 1 atom stereocenters. The van der Waals surface area contributed by atoms with Gasteiger partial charge in [0.25, 0.3) is 0 Å². The maximum absolute atomic E-state index is 5.29. The predicted octanol–water partition coefficient (Wildman–Crippen LogP) is 12.8. The molecule has 0 saturated heterocycles. The van der Waals surface area contributed by atoms with Crippen LogP contribution < -0.4 is 5.32 Å². The number of benzene rings is 9. The van der Waals surface area contributed by atoms with Gasteiger partial charge in [-0.25, -0.2) is 9.98 Å². The van der Waals surface area contributed by atoms with Crippen molar-refractivity contribution >= 4 is 98.6 Å². The van der Waals surface area contributed by atoms with Crippen LogP contribution in [0.4, 0.5) is 0 Å². The highest BCUT2D eigenvalue weighted by Gasteiger charge is 2.25. The monoisotopic (exact) mass is 739 g/mol. The maximum atomic E-state index is 5.29. The van der Waals surface area contributed by atoms with Gasteiger partial charge >= 0.3 is 0 Å². The molecule has 58 heavy (non-hydrogen) atoms. The van der Waals surface area contributed by atoms with Crippen molar-refractivity contribution in [3.05, 3.63) is 205 Å². The lowest BCUT2D eigenvalue weighted by atomic mass is 10.0. The van der Waals surface area contributed by atoms with Crippen LogP contribution in [-0.2, 0) is 0 Å². The molecular weight excluding hydrogens is 707 g/mol. The Labute approximate surface area is 332 Å². The van der Waals surface area contributed by atoms with E-state index in [0.717, 1.165) is 44.3 Å². The minimum absolute atomic E-state index is 0.367. The van der Waals surface area contributed by atoms with Crippen LogP contribution in [0.15, 0.2) is 198 Å². The van der Waals surface area contributed by atoms with Gasteiger partial charge < -0.3 is 14.1 Å². The second-order valence-corrected chi connectivity index (χ2v) is 15.4. The van der Waals surface area contributed by atoms with Crippen LogP contribution in [-0.4, -0.2) is 20.5 Å². The Morgan fingerprint density at radius 1 is 0.397 bits per heavy atom. The van der Waals surface area contributed by atoms with Crippen molar-refractivity contribution in [2.45, 2.75) is 6.17 Å². The minimum atomic E-state index is -0.367. The molecule has 0 radical (unpaired) electrons. The molecule has 0 saturated carbocycles. The fraction of sp³-hybridized carbons (Fsp3) is 0.0189. The smallest absolute Gasteiger partial charge is 0.159 e. The van der Waals surface area contributed by atoms with Crippen LogP contribution in [0.1, 0.15) is 22.9 Å². The summed E-state index contributed by atoms with van der Waals surface area (Å²) in [4.78, 5) is 10.4. The molecule has 1 aliphatic rings. The van der Waals surface area contributed by atoms with Crippen LogP contribution in [0.2, 0.25) is 0 Å². The van der Waals surface area contributed by atoms with Gasteiger partial charge in [0.15, 0.2) is 5.84 Å². The van der Waals surface area contributed by atoms with E-state index in [1.807, 2.05) is 24.3 Å². The summed E-state index contributed by atoms with van der Waals surface area (Å²) >= 11 is 0. The fourth-order valence-electron chi connectivity index (χ4n) is 9.75. The van der Waals surface area contributed by atoms with E-state index in [9.17, 15) is 0 Å². The normalized spacial score (nSPS) is 14.7. The molecule has 270 valence electrons. The summed E-state index contributed by atoms with van der Waals surface area (Å²) in [6.45, 7) is 0. The highest BCUT2D eigenvalue weighted by Crippen LogP contribution is 2.45. The molecule has 0 amide bonds. The average molecular weight is 740 g/mol. The molecule has 1 N–H and O–H groups in total. The molecule has 9 aromatic carbocycles. The number of nitrogens with zero attached hydrogens (tertiary/aromatic N) is 4. The van der Waals surface area contributed by atoms with Crippen molar-refractivity contribution in [1.82, 2.24) is 14.1 Å². The van der Waals surface area contributed by atoms with Gasteiger partial charge in [-0.2, -0.15) is 0 Å². The number of fused-ring (bicyclic) bond motifs is 15. The summed E-state index contributed by atoms with van der Waals surface area (Å²) in [6, 6.07) is 68.0. The first-order valence-electron chi connectivity index (χ1n) is 19.9. The van der Waals surface area contributed by atoms with Crippen LogP contribution >= 0.6 is 0 Å². The van der Waals surface area contributed by atoms with Crippen molar-refractivity contribution in [3.8, 4) is 0 Å². The van der Waals surface area contributed by atoms with Crippen molar-refractivity contribution in [1.29, 1.82) is 0 Å². The number of hydrogen-bond donors (Lipinski definition) is 1. The first kappa shape index (κ1) is 31.4. The van der Waals surface area contributed by atoms with Crippen molar-refractivity contribution < 1.29 is 0 Å². The van der Waals surface area contributed by atoms with Crippen molar-refractivity contribution in [3.63, 3.8) is 0 Å². The van der Waals surface area contributed by atoms with Gasteiger partial charge in [0.05, 0.1) is 33.1 Å². The Bertz CT molecular complexity index is 3760. The Morgan fingerprint density at radius 2 is 0.914 bits per heavy atom. The van der Waals surface area contributed by atoms with Gasteiger partial charge in [-0.3, -0.25) is 0 Å². The topological polar surface area (TPSA) is 45.6 Å². The molecule has 3 aromatic heterocycles. The van der Waals surface area contributed by atoms with Crippen molar-refractivity contribution in [2.24, 2.45) is 9.98 Å². The quantitative estimate of drug-likeness (QED) is 0.193. The molecule has 4 heterocycles.